The number of ketones is 1. The zero-order valence-corrected chi connectivity index (χ0v) is 14.1. The molecule has 1 aliphatic rings. The standard InChI is InChI=1S/C17H27N3O2/c1-5-17(3,4)9-12-19-11-6-7-15(19)16(22)20-14(13(2)21)8-10-18-20/h8,10,15H,5-7,9,11-12H2,1-4H3. The minimum Gasteiger partial charge on any atom is -0.293 e. The van der Waals surface area contributed by atoms with Crippen LogP contribution in [0, 0.1) is 5.41 Å². The lowest BCUT2D eigenvalue weighted by atomic mass is 9.86. The zero-order valence-electron chi connectivity index (χ0n) is 14.1. The summed E-state index contributed by atoms with van der Waals surface area (Å²) in [5, 5.41) is 4.06. The van der Waals surface area contributed by atoms with Crippen LogP contribution in [0.15, 0.2) is 12.3 Å². The van der Waals surface area contributed by atoms with Gasteiger partial charge in [-0.15, -0.1) is 0 Å². The maximum absolute atomic E-state index is 12.7. The Morgan fingerprint density at radius 2 is 2.14 bits per heavy atom. The second kappa shape index (κ2) is 6.73. The quantitative estimate of drug-likeness (QED) is 0.758. The molecule has 122 valence electrons. The Bertz CT molecular complexity index is 548. The van der Waals surface area contributed by atoms with Crippen molar-refractivity contribution in [2.24, 2.45) is 5.41 Å². The Balaban J connectivity index is 2.08. The molecule has 0 saturated carbocycles. The van der Waals surface area contributed by atoms with Crippen LogP contribution in [0.1, 0.15) is 68.7 Å². The van der Waals surface area contributed by atoms with Crippen LogP contribution in [0.3, 0.4) is 0 Å². The first-order chi connectivity index (χ1) is 10.4. The number of hydrogen-bond donors (Lipinski definition) is 0. The summed E-state index contributed by atoms with van der Waals surface area (Å²) in [6, 6.07) is 1.46. The molecular formula is C17H27N3O2. The summed E-state index contributed by atoms with van der Waals surface area (Å²) >= 11 is 0. The molecule has 0 radical (unpaired) electrons. The van der Waals surface area contributed by atoms with Crippen molar-refractivity contribution in [1.82, 2.24) is 14.7 Å². The van der Waals surface area contributed by atoms with Gasteiger partial charge in [0, 0.05) is 6.92 Å². The van der Waals surface area contributed by atoms with Crippen molar-refractivity contribution in [3.8, 4) is 0 Å². The van der Waals surface area contributed by atoms with Gasteiger partial charge in [-0.05, 0) is 43.8 Å². The summed E-state index contributed by atoms with van der Waals surface area (Å²) in [6.45, 7) is 10.1. The number of aromatic nitrogens is 2. The summed E-state index contributed by atoms with van der Waals surface area (Å²) in [5.74, 6) is -0.190. The SMILES string of the molecule is CCC(C)(C)CCN1CCCC1C(=O)n1nccc1C(C)=O. The largest absolute Gasteiger partial charge is 0.293 e. The highest BCUT2D eigenvalue weighted by molar-refractivity contribution is 5.97. The minimum atomic E-state index is -0.148. The lowest BCUT2D eigenvalue weighted by Crippen LogP contribution is -2.41. The average molecular weight is 305 g/mol. The van der Waals surface area contributed by atoms with E-state index in [0.29, 0.717) is 11.1 Å². The van der Waals surface area contributed by atoms with Gasteiger partial charge in [0.1, 0.15) is 5.69 Å². The van der Waals surface area contributed by atoms with E-state index in [1.54, 1.807) is 6.07 Å². The van der Waals surface area contributed by atoms with Crippen LogP contribution in [0.5, 0.6) is 0 Å². The molecule has 5 nitrogen and oxygen atoms in total. The number of carbonyl (C=O) groups excluding carboxylic acids is 2. The Kier molecular flexibility index (Phi) is 5.16. The molecule has 0 spiro atoms. The molecule has 1 fully saturated rings. The lowest BCUT2D eigenvalue weighted by molar-refractivity contribution is 0.0737. The molecule has 1 atom stereocenters. The van der Waals surface area contributed by atoms with Gasteiger partial charge >= 0.3 is 0 Å². The van der Waals surface area contributed by atoms with E-state index in [1.807, 2.05) is 0 Å². The van der Waals surface area contributed by atoms with Gasteiger partial charge in [-0.3, -0.25) is 14.5 Å². The normalized spacial score (nSPS) is 19.5. The molecule has 0 aliphatic carbocycles. The van der Waals surface area contributed by atoms with E-state index in [0.717, 1.165) is 38.8 Å². The molecule has 1 aliphatic heterocycles. The van der Waals surface area contributed by atoms with Crippen LogP contribution in [0.4, 0.5) is 0 Å². The number of likely N-dealkylation sites (tertiary alicyclic amines) is 1. The molecule has 2 rings (SSSR count). The Labute approximate surface area is 132 Å². The van der Waals surface area contributed by atoms with Crippen LogP contribution < -0.4 is 0 Å². The minimum absolute atomic E-state index is 0.0676. The van der Waals surface area contributed by atoms with Crippen LogP contribution in [0.2, 0.25) is 0 Å². The van der Waals surface area contributed by atoms with Crippen molar-refractivity contribution in [1.29, 1.82) is 0 Å². The summed E-state index contributed by atoms with van der Waals surface area (Å²) in [4.78, 5) is 26.6. The van der Waals surface area contributed by atoms with Crippen molar-refractivity contribution in [3.63, 3.8) is 0 Å². The van der Waals surface area contributed by atoms with E-state index in [9.17, 15) is 9.59 Å². The summed E-state index contributed by atoms with van der Waals surface area (Å²) in [5.41, 5.74) is 0.678. The average Bonchev–Trinajstić information content (AvgIpc) is 3.13. The first-order valence-corrected chi connectivity index (χ1v) is 8.19. The predicted octanol–water partition coefficient (Wildman–Crippen LogP) is 3.02. The van der Waals surface area contributed by atoms with Crippen molar-refractivity contribution in [2.45, 2.75) is 59.4 Å². The van der Waals surface area contributed by atoms with Gasteiger partial charge in [-0.1, -0.05) is 27.2 Å². The van der Waals surface area contributed by atoms with Crippen molar-refractivity contribution in [3.05, 3.63) is 18.0 Å². The van der Waals surface area contributed by atoms with Crippen molar-refractivity contribution in [2.75, 3.05) is 13.1 Å². The summed E-state index contributed by atoms with van der Waals surface area (Å²) in [6.07, 6.45) is 5.61. The second-order valence-electron chi connectivity index (χ2n) is 6.98. The molecular weight excluding hydrogens is 278 g/mol. The first-order valence-electron chi connectivity index (χ1n) is 8.19. The third kappa shape index (κ3) is 3.64. The molecule has 22 heavy (non-hydrogen) atoms. The van der Waals surface area contributed by atoms with E-state index in [2.05, 4.69) is 30.8 Å². The molecule has 0 N–H and O–H groups in total. The molecule has 1 unspecified atom stereocenters. The third-order valence-corrected chi connectivity index (χ3v) is 4.89. The summed E-state index contributed by atoms with van der Waals surface area (Å²) < 4.78 is 1.29. The van der Waals surface area contributed by atoms with E-state index in [-0.39, 0.29) is 17.7 Å². The van der Waals surface area contributed by atoms with E-state index >= 15 is 0 Å². The van der Waals surface area contributed by atoms with E-state index in [1.165, 1.54) is 17.8 Å². The third-order valence-electron chi connectivity index (χ3n) is 4.89. The molecule has 1 aromatic rings. The fourth-order valence-electron chi connectivity index (χ4n) is 2.88. The fourth-order valence-corrected chi connectivity index (χ4v) is 2.88. The highest BCUT2D eigenvalue weighted by Crippen LogP contribution is 2.27. The highest BCUT2D eigenvalue weighted by Gasteiger charge is 2.33. The Morgan fingerprint density at radius 1 is 1.41 bits per heavy atom. The lowest BCUT2D eigenvalue weighted by Gasteiger charge is -2.29. The van der Waals surface area contributed by atoms with Crippen LogP contribution in [-0.2, 0) is 0 Å². The van der Waals surface area contributed by atoms with Crippen LogP contribution >= 0.6 is 0 Å². The van der Waals surface area contributed by atoms with Gasteiger partial charge in [0.05, 0.1) is 12.2 Å². The number of nitrogens with zero attached hydrogens (tertiary/aromatic N) is 3. The number of carbonyl (C=O) groups is 2. The number of Topliss-reactive ketones (excluding diaryl/α,β-unsaturated/α-hetero) is 1. The van der Waals surface area contributed by atoms with Gasteiger partial charge < -0.3 is 0 Å². The molecule has 1 saturated heterocycles. The molecule has 5 heteroatoms. The molecule has 0 amide bonds. The fraction of sp³-hybridized carbons (Fsp3) is 0.706. The van der Waals surface area contributed by atoms with Crippen molar-refractivity contribution >= 4 is 11.7 Å². The van der Waals surface area contributed by atoms with Gasteiger partial charge in [0.25, 0.3) is 5.91 Å². The molecule has 0 aromatic carbocycles. The summed E-state index contributed by atoms with van der Waals surface area (Å²) in [7, 11) is 0. The van der Waals surface area contributed by atoms with Gasteiger partial charge in [-0.2, -0.15) is 9.78 Å². The van der Waals surface area contributed by atoms with Crippen LogP contribution in [-0.4, -0.2) is 45.5 Å². The Hall–Kier alpha value is -1.49. The monoisotopic (exact) mass is 305 g/mol. The maximum Gasteiger partial charge on any atom is 0.264 e. The van der Waals surface area contributed by atoms with E-state index in [4.69, 9.17) is 0 Å². The van der Waals surface area contributed by atoms with Crippen molar-refractivity contribution < 1.29 is 9.59 Å². The topological polar surface area (TPSA) is 55.2 Å². The van der Waals surface area contributed by atoms with Gasteiger partial charge in [0.2, 0.25) is 0 Å². The molecule has 2 heterocycles. The van der Waals surface area contributed by atoms with Crippen LogP contribution in [0.25, 0.3) is 0 Å². The smallest absolute Gasteiger partial charge is 0.264 e. The van der Waals surface area contributed by atoms with E-state index < -0.39 is 0 Å². The highest BCUT2D eigenvalue weighted by atomic mass is 16.2. The first kappa shape index (κ1) is 16.9. The predicted molar refractivity (Wildman–Crippen MR) is 86.1 cm³/mol. The number of hydrogen-bond acceptors (Lipinski definition) is 4. The molecule has 0 bridgehead atoms. The molecule has 1 aromatic heterocycles. The van der Waals surface area contributed by atoms with Gasteiger partial charge in [0.15, 0.2) is 5.78 Å². The Morgan fingerprint density at radius 3 is 2.77 bits per heavy atom. The zero-order chi connectivity index (χ0) is 16.3. The number of rotatable bonds is 6. The van der Waals surface area contributed by atoms with Gasteiger partial charge in [-0.25, -0.2) is 0 Å². The maximum atomic E-state index is 12.7. The second-order valence-corrected chi connectivity index (χ2v) is 6.98.